The highest BCUT2D eigenvalue weighted by molar-refractivity contribution is 6.30. The van der Waals surface area contributed by atoms with Crippen LogP contribution in [0, 0.1) is 5.92 Å². The van der Waals surface area contributed by atoms with Crippen molar-refractivity contribution in [2.75, 3.05) is 0 Å². The van der Waals surface area contributed by atoms with E-state index in [1.165, 1.54) is 12.1 Å². The number of carboxylic acid groups (broad SMARTS) is 1. The number of amides is 1. The van der Waals surface area contributed by atoms with E-state index in [0.717, 1.165) is 11.1 Å². The predicted molar refractivity (Wildman–Crippen MR) is 105 cm³/mol. The van der Waals surface area contributed by atoms with Crippen LogP contribution in [0.3, 0.4) is 0 Å². The number of benzene rings is 2. The number of carbonyl (C=O) groups excluding carboxylic acids is 1. The number of ether oxygens (including phenoxy) is 1. The molecule has 0 saturated carbocycles. The van der Waals surface area contributed by atoms with Crippen molar-refractivity contribution in [2.45, 2.75) is 39.5 Å². The lowest BCUT2D eigenvalue weighted by Gasteiger charge is -2.23. The summed E-state index contributed by atoms with van der Waals surface area (Å²) in [6, 6.07) is 13.5. The van der Waals surface area contributed by atoms with E-state index in [2.05, 4.69) is 5.32 Å². The summed E-state index contributed by atoms with van der Waals surface area (Å²) in [4.78, 5) is 23.6. The van der Waals surface area contributed by atoms with E-state index in [1.54, 1.807) is 24.3 Å². The Hall–Kier alpha value is -2.37. The van der Waals surface area contributed by atoms with E-state index in [-0.39, 0.29) is 23.4 Å². The minimum absolute atomic E-state index is 0.00103. The number of hydrogen-bond donors (Lipinski definition) is 2. The van der Waals surface area contributed by atoms with E-state index in [4.69, 9.17) is 21.4 Å². The quantitative estimate of drug-likeness (QED) is 0.699. The molecule has 2 aromatic rings. The zero-order valence-electron chi connectivity index (χ0n) is 15.6. The van der Waals surface area contributed by atoms with Crippen LogP contribution in [0.4, 0.5) is 0 Å². The highest BCUT2D eigenvalue weighted by Gasteiger charge is 2.24. The highest BCUT2D eigenvalue weighted by atomic mass is 35.5. The molecule has 0 aromatic heterocycles. The highest BCUT2D eigenvalue weighted by Crippen LogP contribution is 2.17. The predicted octanol–water partition coefficient (Wildman–Crippen LogP) is 4.46. The van der Waals surface area contributed by atoms with Crippen LogP contribution in [0.2, 0.25) is 5.02 Å². The molecule has 2 rings (SSSR count). The summed E-state index contributed by atoms with van der Waals surface area (Å²) in [5.41, 5.74) is 1.98. The molecule has 144 valence electrons. The summed E-state index contributed by atoms with van der Waals surface area (Å²) < 4.78 is 5.85. The summed E-state index contributed by atoms with van der Waals surface area (Å²) in [5, 5.41) is 12.6. The fourth-order valence-corrected chi connectivity index (χ4v) is 2.76. The van der Waals surface area contributed by atoms with Gasteiger partial charge in [-0.25, -0.2) is 4.79 Å². The normalized spacial score (nSPS) is 13.2. The monoisotopic (exact) mass is 389 g/mol. The SMILES string of the molecule is CC(C)C(OCc1ccc(Cl)cc1)C(=O)N[C@@H](C)c1ccc(C(=O)O)cc1. The average molecular weight is 390 g/mol. The second kappa shape index (κ2) is 9.53. The number of nitrogens with one attached hydrogen (secondary N) is 1. The second-order valence-corrected chi connectivity index (χ2v) is 7.20. The van der Waals surface area contributed by atoms with Crippen LogP contribution in [-0.4, -0.2) is 23.1 Å². The van der Waals surface area contributed by atoms with Gasteiger partial charge >= 0.3 is 5.97 Å². The maximum atomic E-state index is 12.7. The Morgan fingerprint density at radius 1 is 1.04 bits per heavy atom. The van der Waals surface area contributed by atoms with Crippen molar-refractivity contribution < 1.29 is 19.4 Å². The maximum absolute atomic E-state index is 12.7. The Morgan fingerprint density at radius 2 is 1.63 bits per heavy atom. The van der Waals surface area contributed by atoms with Crippen molar-refractivity contribution >= 4 is 23.5 Å². The van der Waals surface area contributed by atoms with E-state index in [0.29, 0.717) is 11.6 Å². The van der Waals surface area contributed by atoms with Gasteiger partial charge in [0.15, 0.2) is 0 Å². The standard InChI is InChI=1S/C21H24ClNO4/c1-13(2)19(27-12-15-4-10-18(22)11-5-15)20(24)23-14(3)16-6-8-17(9-7-16)21(25)26/h4-11,13-14,19H,12H2,1-3H3,(H,23,24)(H,25,26)/t14-,19?/m0/s1. The van der Waals surface area contributed by atoms with Gasteiger partial charge in [-0.2, -0.15) is 0 Å². The van der Waals surface area contributed by atoms with Gasteiger partial charge in [-0.05, 0) is 48.2 Å². The molecule has 2 atom stereocenters. The molecule has 0 radical (unpaired) electrons. The topological polar surface area (TPSA) is 75.6 Å². The summed E-state index contributed by atoms with van der Waals surface area (Å²) >= 11 is 5.88. The Kier molecular flexibility index (Phi) is 7.39. The van der Waals surface area contributed by atoms with Crippen LogP contribution in [0.5, 0.6) is 0 Å². The van der Waals surface area contributed by atoms with Gasteiger partial charge < -0.3 is 15.2 Å². The minimum atomic E-state index is -0.978. The second-order valence-electron chi connectivity index (χ2n) is 6.76. The zero-order valence-corrected chi connectivity index (χ0v) is 16.4. The van der Waals surface area contributed by atoms with Crippen molar-refractivity contribution in [3.05, 3.63) is 70.2 Å². The van der Waals surface area contributed by atoms with Gasteiger partial charge in [0, 0.05) is 5.02 Å². The molecule has 0 aliphatic rings. The van der Waals surface area contributed by atoms with Crippen LogP contribution < -0.4 is 5.32 Å². The van der Waals surface area contributed by atoms with Crippen LogP contribution in [0.25, 0.3) is 0 Å². The van der Waals surface area contributed by atoms with E-state index in [1.807, 2.05) is 32.9 Å². The molecular weight excluding hydrogens is 366 g/mol. The molecule has 0 aliphatic heterocycles. The molecule has 2 N–H and O–H groups in total. The van der Waals surface area contributed by atoms with Crippen LogP contribution in [0.1, 0.15) is 48.3 Å². The lowest BCUT2D eigenvalue weighted by atomic mass is 10.0. The largest absolute Gasteiger partial charge is 0.478 e. The number of aromatic carboxylic acids is 1. The number of rotatable bonds is 8. The Labute approximate surface area is 164 Å². The van der Waals surface area contributed by atoms with Gasteiger partial charge in [0.25, 0.3) is 0 Å². The summed E-state index contributed by atoms with van der Waals surface area (Å²) in [5.74, 6) is -1.18. The van der Waals surface area contributed by atoms with Crippen molar-refractivity contribution in [2.24, 2.45) is 5.92 Å². The number of halogens is 1. The molecule has 1 amide bonds. The Morgan fingerprint density at radius 3 is 2.15 bits per heavy atom. The first kappa shape index (κ1) is 20.9. The lowest BCUT2D eigenvalue weighted by molar-refractivity contribution is -0.137. The molecule has 27 heavy (non-hydrogen) atoms. The molecule has 5 nitrogen and oxygen atoms in total. The summed E-state index contributed by atoms with van der Waals surface area (Å²) in [6.45, 7) is 6.02. The first-order chi connectivity index (χ1) is 12.8. The van der Waals surface area contributed by atoms with E-state index in [9.17, 15) is 9.59 Å². The average Bonchev–Trinajstić information content (AvgIpc) is 2.63. The number of carbonyl (C=O) groups is 2. The van der Waals surface area contributed by atoms with Gasteiger partial charge in [-0.3, -0.25) is 4.79 Å². The first-order valence-corrected chi connectivity index (χ1v) is 9.15. The van der Waals surface area contributed by atoms with Gasteiger partial charge in [0.1, 0.15) is 6.10 Å². The molecule has 0 saturated heterocycles. The summed E-state index contributed by atoms with van der Waals surface area (Å²) in [6.07, 6.45) is -0.596. The smallest absolute Gasteiger partial charge is 0.335 e. The fourth-order valence-electron chi connectivity index (χ4n) is 2.63. The van der Waals surface area contributed by atoms with Crippen LogP contribution >= 0.6 is 11.6 Å². The minimum Gasteiger partial charge on any atom is -0.478 e. The zero-order chi connectivity index (χ0) is 20.0. The number of hydrogen-bond acceptors (Lipinski definition) is 3. The molecule has 6 heteroatoms. The third-order valence-electron chi connectivity index (χ3n) is 4.22. The van der Waals surface area contributed by atoms with Crippen molar-refractivity contribution in [1.82, 2.24) is 5.32 Å². The van der Waals surface area contributed by atoms with Crippen molar-refractivity contribution in [3.8, 4) is 0 Å². The summed E-state index contributed by atoms with van der Waals surface area (Å²) in [7, 11) is 0. The Balaban J connectivity index is 1.98. The molecule has 0 fully saturated rings. The fraction of sp³-hybridized carbons (Fsp3) is 0.333. The van der Waals surface area contributed by atoms with Gasteiger partial charge in [-0.15, -0.1) is 0 Å². The van der Waals surface area contributed by atoms with Crippen molar-refractivity contribution in [1.29, 1.82) is 0 Å². The molecular formula is C21H24ClNO4. The molecule has 2 aromatic carbocycles. The van der Waals surface area contributed by atoms with E-state index >= 15 is 0 Å². The molecule has 0 spiro atoms. The molecule has 1 unspecified atom stereocenters. The third-order valence-corrected chi connectivity index (χ3v) is 4.48. The first-order valence-electron chi connectivity index (χ1n) is 8.77. The van der Waals surface area contributed by atoms with Crippen LogP contribution in [0.15, 0.2) is 48.5 Å². The maximum Gasteiger partial charge on any atom is 0.335 e. The Bertz CT molecular complexity index is 772. The van der Waals surface area contributed by atoms with Gasteiger partial charge in [0.2, 0.25) is 5.91 Å². The molecule has 0 bridgehead atoms. The lowest BCUT2D eigenvalue weighted by Crippen LogP contribution is -2.40. The van der Waals surface area contributed by atoms with Gasteiger partial charge in [-0.1, -0.05) is 49.7 Å². The van der Waals surface area contributed by atoms with Crippen LogP contribution in [-0.2, 0) is 16.1 Å². The van der Waals surface area contributed by atoms with Gasteiger partial charge in [0.05, 0.1) is 18.2 Å². The molecule has 0 heterocycles. The molecule has 0 aliphatic carbocycles. The number of carboxylic acids is 1. The van der Waals surface area contributed by atoms with E-state index < -0.39 is 12.1 Å². The third kappa shape index (κ3) is 6.08. The van der Waals surface area contributed by atoms with Crippen molar-refractivity contribution in [3.63, 3.8) is 0 Å².